The Morgan fingerprint density at radius 2 is 2.11 bits per heavy atom. The molecule has 1 aromatic heterocycles. The van der Waals surface area contributed by atoms with E-state index in [4.69, 9.17) is 0 Å². The van der Waals surface area contributed by atoms with Crippen LogP contribution in [0.25, 0.3) is 0 Å². The molecule has 5 nitrogen and oxygen atoms in total. The van der Waals surface area contributed by atoms with E-state index in [1.165, 1.54) is 24.6 Å². The lowest BCUT2D eigenvalue weighted by atomic mass is 10.3. The number of carbonyl (C=O) groups excluding carboxylic acids is 1. The summed E-state index contributed by atoms with van der Waals surface area (Å²) in [5.74, 6) is 0.454. The summed E-state index contributed by atoms with van der Waals surface area (Å²) in [5.41, 5.74) is 1.09. The molecule has 0 spiro atoms. The summed E-state index contributed by atoms with van der Waals surface area (Å²) in [5, 5.41) is 4.06. The fraction of sp³-hybridized carbons (Fsp3) is 0.583. The third-order valence-electron chi connectivity index (χ3n) is 2.68. The van der Waals surface area contributed by atoms with Gasteiger partial charge in [0.1, 0.15) is 0 Å². The number of hydrogen-bond donors (Lipinski definition) is 1. The Bertz CT molecular complexity index is 403. The lowest BCUT2D eigenvalue weighted by Crippen LogP contribution is -2.23. The summed E-state index contributed by atoms with van der Waals surface area (Å²) in [7, 11) is 3.49. The number of rotatable bonds is 6. The number of aromatic nitrogens is 2. The molecule has 1 N–H and O–H groups in total. The van der Waals surface area contributed by atoms with Gasteiger partial charge in [-0.05, 0) is 12.8 Å². The predicted octanol–water partition coefficient (Wildman–Crippen LogP) is 0.909. The molecule has 1 heterocycles. The number of nitrogens with one attached hydrogen (secondary N) is 1. The first kappa shape index (κ1) is 13.3. The van der Waals surface area contributed by atoms with Crippen LogP contribution in [-0.2, 0) is 11.3 Å². The minimum absolute atomic E-state index is 0.0723. The molecule has 0 aliphatic heterocycles. The second-order valence-electron chi connectivity index (χ2n) is 4.61. The van der Waals surface area contributed by atoms with Crippen molar-refractivity contribution in [2.45, 2.75) is 30.6 Å². The van der Waals surface area contributed by atoms with Crippen LogP contribution in [0, 0.1) is 0 Å². The summed E-state index contributed by atoms with van der Waals surface area (Å²) >= 11 is 1.37. The van der Waals surface area contributed by atoms with Gasteiger partial charge in [0.15, 0.2) is 5.16 Å². The van der Waals surface area contributed by atoms with Crippen LogP contribution in [0.15, 0.2) is 17.6 Å². The van der Waals surface area contributed by atoms with E-state index in [0.717, 1.165) is 12.1 Å². The molecule has 1 aliphatic carbocycles. The van der Waals surface area contributed by atoms with Gasteiger partial charge in [-0.3, -0.25) is 4.79 Å². The van der Waals surface area contributed by atoms with E-state index in [1.54, 1.807) is 19.0 Å². The van der Waals surface area contributed by atoms with Crippen LogP contribution in [0.3, 0.4) is 0 Å². The first-order valence-electron chi connectivity index (χ1n) is 6.02. The Balaban J connectivity index is 1.77. The Hall–Kier alpha value is -1.14. The highest BCUT2D eigenvalue weighted by Gasteiger charge is 2.19. The van der Waals surface area contributed by atoms with Crippen LogP contribution in [0.5, 0.6) is 0 Å². The van der Waals surface area contributed by atoms with Crippen LogP contribution in [0.1, 0.15) is 18.4 Å². The average Bonchev–Trinajstić information content (AvgIpc) is 3.18. The first-order valence-corrected chi connectivity index (χ1v) is 7.01. The molecule has 2 rings (SSSR count). The second-order valence-corrected chi connectivity index (χ2v) is 5.55. The van der Waals surface area contributed by atoms with Crippen molar-refractivity contribution >= 4 is 17.7 Å². The van der Waals surface area contributed by atoms with Crippen molar-refractivity contribution in [1.29, 1.82) is 0 Å². The third-order valence-corrected chi connectivity index (χ3v) is 3.54. The summed E-state index contributed by atoms with van der Waals surface area (Å²) in [6.45, 7) is 0.826. The molecular formula is C12H18N4OS. The Kier molecular flexibility index (Phi) is 4.54. The molecule has 1 fully saturated rings. The SMILES string of the molecule is CN(C)C(=O)CSc1ncc(CNC2CC2)cn1. The van der Waals surface area contributed by atoms with Gasteiger partial charge in [0.2, 0.25) is 5.91 Å². The van der Waals surface area contributed by atoms with Crippen LogP contribution < -0.4 is 5.32 Å². The molecule has 0 atom stereocenters. The van der Waals surface area contributed by atoms with E-state index in [0.29, 0.717) is 17.0 Å². The quantitative estimate of drug-likeness (QED) is 0.612. The number of carbonyl (C=O) groups is 1. The summed E-state index contributed by atoms with van der Waals surface area (Å²) in [4.78, 5) is 21.5. The first-order chi connectivity index (χ1) is 8.65. The minimum Gasteiger partial charge on any atom is -0.348 e. The molecule has 0 bridgehead atoms. The van der Waals surface area contributed by atoms with E-state index < -0.39 is 0 Å². The molecule has 6 heteroatoms. The van der Waals surface area contributed by atoms with Crippen molar-refractivity contribution in [3.8, 4) is 0 Å². The third kappa shape index (κ3) is 4.27. The van der Waals surface area contributed by atoms with Crippen molar-refractivity contribution in [3.05, 3.63) is 18.0 Å². The number of thioether (sulfide) groups is 1. The van der Waals surface area contributed by atoms with Gasteiger partial charge >= 0.3 is 0 Å². The maximum atomic E-state index is 11.4. The second kappa shape index (κ2) is 6.15. The largest absolute Gasteiger partial charge is 0.348 e. The smallest absolute Gasteiger partial charge is 0.232 e. The van der Waals surface area contributed by atoms with Gasteiger partial charge in [0.25, 0.3) is 0 Å². The summed E-state index contributed by atoms with van der Waals surface area (Å²) < 4.78 is 0. The minimum atomic E-state index is 0.0723. The topological polar surface area (TPSA) is 58.1 Å². The van der Waals surface area contributed by atoms with Gasteiger partial charge < -0.3 is 10.2 Å². The predicted molar refractivity (Wildman–Crippen MR) is 71.3 cm³/mol. The monoisotopic (exact) mass is 266 g/mol. The van der Waals surface area contributed by atoms with Crippen molar-refractivity contribution in [2.75, 3.05) is 19.8 Å². The molecule has 18 heavy (non-hydrogen) atoms. The van der Waals surface area contributed by atoms with Crippen LogP contribution >= 0.6 is 11.8 Å². The molecule has 1 aromatic rings. The van der Waals surface area contributed by atoms with Gasteiger partial charge in [0, 0.05) is 44.6 Å². The Morgan fingerprint density at radius 1 is 1.44 bits per heavy atom. The van der Waals surface area contributed by atoms with E-state index in [-0.39, 0.29) is 5.91 Å². The Labute approximate surface area is 111 Å². The summed E-state index contributed by atoms with van der Waals surface area (Å²) in [6, 6.07) is 0.691. The van der Waals surface area contributed by atoms with E-state index in [2.05, 4.69) is 15.3 Å². The van der Waals surface area contributed by atoms with Crippen LogP contribution in [0.2, 0.25) is 0 Å². The standard InChI is InChI=1S/C12H18N4OS/c1-16(2)11(17)8-18-12-14-6-9(7-15-12)5-13-10-3-4-10/h6-7,10,13H,3-5,8H2,1-2H3. The highest BCUT2D eigenvalue weighted by Crippen LogP contribution is 2.19. The number of nitrogens with zero attached hydrogens (tertiary/aromatic N) is 3. The lowest BCUT2D eigenvalue weighted by molar-refractivity contribution is -0.125. The molecule has 0 saturated heterocycles. The molecule has 0 radical (unpaired) electrons. The molecular weight excluding hydrogens is 248 g/mol. The highest BCUT2D eigenvalue weighted by atomic mass is 32.2. The average molecular weight is 266 g/mol. The van der Waals surface area contributed by atoms with E-state index in [9.17, 15) is 4.79 Å². The van der Waals surface area contributed by atoms with Crippen LogP contribution in [-0.4, -0.2) is 46.7 Å². The molecule has 1 amide bonds. The Morgan fingerprint density at radius 3 is 2.67 bits per heavy atom. The zero-order chi connectivity index (χ0) is 13.0. The lowest BCUT2D eigenvalue weighted by Gasteiger charge is -2.08. The van der Waals surface area contributed by atoms with Gasteiger partial charge in [-0.25, -0.2) is 9.97 Å². The van der Waals surface area contributed by atoms with Crippen LogP contribution in [0.4, 0.5) is 0 Å². The fourth-order valence-electron chi connectivity index (χ4n) is 1.31. The van der Waals surface area contributed by atoms with Gasteiger partial charge in [-0.1, -0.05) is 11.8 Å². The fourth-order valence-corrected chi connectivity index (χ4v) is 2.08. The highest BCUT2D eigenvalue weighted by molar-refractivity contribution is 7.99. The maximum Gasteiger partial charge on any atom is 0.232 e. The van der Waals surface area contributed by atoms with Gasteiger partial charge in [0.05, 0.1) is 5.75 Å². The molecule has 98 valence electrons. The normalized spacial score (nSPS) is 14.6. The van der Waals surface area contributed by atoms with Crippen molar-refractivity contribution in [2.24, 2.45) is 0 Å². The van der Waals surface area contributed by atoms with Gasteiger partial charge in [-0.15, -0.1) is 0 Å². The maximum absolute atomic E-state index is 11.4. The molecule has 0 aromatic carbocycles. The zero-order valence-electron chi connectivity index (χ0n) is 10.7. The van der Waals surface area contributed by atoms with Crippen molar-refractivity contribution in [3.63, 3.8) is 0 Å². The van der Waals surface area contributed by atoms with Crippen molar-refractivity contribution in [1.82, 2.24) is 20.2 Å². The summed E-state index contributed by atoms with van der Waals surface area (Å²) in [6.07, 6.45) is 6.21. The molecule has 1 saturated carbocycles. The molecule has 1 aliphatic rings. The zero-order valence-corrected chi connectivity index (χ0v) is 11.5. The van der Waals surface area contributed by atoms with E-state index >= 15 is 0 Å². The molecule has 0 unspecified atom stereocenters. The van der Waals surface area contributed by atoms with E-state index in [1.807, 2.05) is 12.4 Å². The number of hydrogen-bond acceptors (Lipinski definition) is 5. The number of amides is 1. The van der Waals surface area contributed by atoms with Gasteiger partial charge in [-0.2, -0.15) is 0 Å². The van der Waals surface area contributed by atoms with Crippen molar-refractivity contribution < 1.29 is 4.79 Å².